The Balaban J connectivity index is 2.16. The standard InChI is InChI=1S/C17H16F2N2O5/c1-24-13-6-9(7-14(25-2)15(13)26-3)16(22)20-21-17(23)11-5-4-10(18)8-12(11)19/h4-8H,1-3H3,(H,20,22)(H,21,23). The highest BCUT2D eigenvalue weighted by Crippen LogP contribution is 2.38. The van der Waals surface area contributed by atoms with Gasteiger partial charge in [0.2, 0.25) is 5.75 Å². The van der Waals surface area contributed by atoms with E-state index in [1.54, 1.807) is 0 Å². The number of hydrazine groups is 1. The maximum Gasteiger partial charge on any atom is 0.272 e. The molecule has 0 aliphatic heterocycles. The highest BCUT2D eigenvalue weighted by molar-refractivity contribution is 5.99. The molecule has 0 saturated heterocycles. The van der Waals surface area contributed by atoms with Crippen LogP contribution < -0.4 is 25.1 Å². The minimum Gasteiger partial charge on any atom is -0.493 e. The van der Waals surface area contributed by atoms with E-state index in [1.807, 2.05) is 5.43 Å². The average molecular weight is 366 g/mol. The van der Waals surface area contributed by atoms with Crippen LogP contribution in [0.3, 0.4) is 0 Å². The molecule has 0 bridgehead atoms. The Morgan fingerprint density at radius 2 is 1.42 bits per heavy atom. The number of halogens is 2. The first kappa shape index (κ1) is 19.0. The highest BCUT2D eigenvalue weighted by Gasteiger charge is 2.18. The van der Waals surface area contributed by atoms with Gasteiger partial charge in [-0.15, -0.1) is 0 Å². The Bertz CT molecular complexity index is 817. The molecule has 2 N–H and O–H groups in total. The van der Waals surface area contributed by atoms with Gasteiger partial charge in [-0.25, -0.2) is 8.78 Å². The number of nitrogens with one attached hydrogen (secondary N) is 2. The zero-order valence-electron chi connectivity index (χ0n) is 14.2. The minimum absolute atomic E-state index is 0.0966. The van der Waals surface area contributed by atoms with E-state index >= 15 is 0 Å². The molecule has 138 valence electrons. The van der Waals surface area contributed by atoms with E-state index in [0.717, 1.165) is 12.1 Å². The molecule has 7 nitrogen and oxygen atoms in total. The van der Waals surface area contributed by atoms with Crippen LogP contribution in [-0.2, 0) is 0 Å². The summed E-state index contributed by atoms with van der Waals surface area (Å²) < 4.78 is 41.9. The summed E-state index contributed by atoms with van der Waals surface area (Å²) in [6, 6.07) is 5.21. The number of ether oxygens (including phenoxy) is 3. The van der Waals surface area contributed by atoms with Gasteiger partial charge in [0.05, 0.1) is 26.9 Å². The molecule has 0 radical (unpaired) electrons. The van der Waals surface area contributed by atoms with Crippen molar-refractivity contribution >= 4 is 11.8 Å². The van der Waals surface area contributed by atoms with Crippen LogP contribution in [0.5, 0.6) is 17.2 Å². The van der Waals surface area contributed by atoms with Crippen LogP contribution in [-0.4, -0.2) is 33.1 Å². The number of hydrogen-bond acceptors (Lipinski definition) is 5. The summed E-state index contributed by atoms with van der Waals surface area (Å²) >= 11 is 0. The third-order valence-electron chi connectivity index (χ3n) is 3.39. The van der Waals surface area contributed by atoms with Crippen LogP contribution in [0.25, 0.3) is 0 Å². The van der Waals surface area contributed by atoms with Crippen molar-refractivity contribution in [3.63, 3.8) is 0 Å². The lowest BCUT2D eigenvalue weighted by molar-refractivity contribution is 0.0844. The van der Waals surface area contributed by atoms with Crippen LogP contribution in [0.2, 0.25) is 0 Å². The van der Waals surface area contributed by atoms with Crippen LogP contribution in [0, 0.1) is 11.6 Å². The highest BCUT2D eigenvalue weighted by atomic mass is 19.1. The van der Waals surface area contributed by atoms with Gasteiger partial charge in [0, 0.05) is 11.6 Å². The zero-order chi connectivity index (χ0) is 19.3. The van der Waals surface area contributed by atoms with Crippen LogP contribution in [0.15, 0.2) is 30.3 Å². The fourth-order valence-corrected chi connectivity index (χ4v) is 2.14. The first-order valence-electron chi connectivity index (χ1n) is 7.27. The molecule has 0 spiro atoms. The molecule has 26 heavy (non-hydrogen) atoms. The van der Waals surface area contributed by atoms with Gasteiger partial charge in [-0.05, 0) is 24.3 Å². The van der Waals surface area contributed by atoms with Crippen LogP contribution in [0.4, 0.5) is 8.78 Å². The Morgan fingerprint density at radius 3 is 1.92 bits per heavy atom. The first-order valence-corrected chi connectivity index (χ1v) is 7.27. The van der Waals surface area contributed by atoms with Gasteiger partial charge in [0.25, 0.3) is 11.8 Å². The van der Waals surface area contributed by atoms with Gasteiger partial charge in [0.1, 0.15) is 11.6 Å². The number of carbonyl (C=O) groups excluding carboxylic acids is 2. The third kappa shape index (κ3) is 4.00. The molecule has 0 atom stereocenters. The summed E-state index contributed by atoms with van der Waals surface area (Å²) in [5.74, 6) is -2.74. The quantitative estimate of drug-likeness (QED) is 0.792. The molecule has 2 amide bonds. The molecule has 9 heteroatoms. The average Bonchev–Trinajstić information content (AvgIpc) is 2.64. The second-order valence-electron chi connectivity index (χ2n) is 4.95. The van der Waals surface area contributed by atoms with Crippen molar-refractivity contribution in [3.8, 4) is 17.2 Å². The van der Waals surface area contributed by atoms with Crippen LogP contribution in [0.1, 0.15) is 20.7 Å². The monoisotopic (exact) mass is 366 g/mol. The topological polar surface area (TPSA) is 85.9 Å². The lowest BCUT2D eigenvalue weighted by atomic mass is 10.1. The van der Waals surface area contributed by atoms with E-state index in [-0.39, 0.29) is 17.1 Å². The molecule has 0 heterocycles. The predicted molar refractivity (Wildman–Crippen MR) is 87.4 cm³/mol. The molecule has 2 aromatic rings. The fraction of sp³-hybridized carbons (Fsp3) is 0.176. The van der Waals surface area contributed by atoms with E-state index in [4.69, 9.17) is 14.2 Å². The van der Waals surface area contributed by atoms with E-state index in [9.17, 15) is 18.4 Å². The van der Waals surface area contributed by atoms with Crippen LogP contribution >= 0.6 is 0 Å². The first-order chi connectivity index (χ1) is 12.4. The van der Waals surface area contributed by atoms with E-state index in [2.05, 4.69) is 5.43 Å². The lowest BCUT2D eigenvalue weighted by Crippen LogP contribution is -2.42. The van der Waals surface area contributed by atoms with Crippen molar-refractivity contribution in [2.45, 2.75) is 0 Å². The van der Waals surface area contributed by atoms with Crippen molar-refractivity contribution in [1.82, 2.24) is 10.9 Å². The van der Waals surface area contributed by atoms with Gasteiger partial charge >= 0.3 is 0 Å². The number of hydrogen-bond donors (Lipinski definition) is 2. The Kier molecular flexibility index (Phi) is 5.94. The second kappa shape index (κ2) is 8.15. The number of benzene rings is 2. The number of methoxy groups -OCH3 is 3. The summed E-state index contributed by atoms with van der Waals surface area (Å²) in [7, 11) is 4.19. The Morgan fingerprint density at radius 1 is 0.846 bits per heavy atom. The molecule has 0 aliphatic rings. The molecular weight excluding hydrogens is 350 g/mol. The molecule has 0 fully saturated rings. The van der Waals surface area contributed by atoms with Gasteiger partial charge < -0.3 is 14.2 Å². The van der Waals surface area contributed by atoms with Gasteiger partial charge in [0.15, 0.2) is 11.5 Å². The number of carbonyl (C=O) groups is 2. The minimum atomic E-state index is -1.05. The largest absolute Gasteiger partial charge is 0.493 e. The molecular formula is C17H16F2N2O5. The van der Waals surface area contributed by atoms with Gasteiger partial charge in [-0.1, -0.05) is 0 Å². The summed E-state index contributed by atoms with van der Waals surface area (Å²) in [4.78, 5) is 24.1. The summed E-state index contributed by atoms with van der Waals surface area (Å²) in [6.07, 6.45) is 0. The fourth-order valence-electron chi connectivity index (χ4n) is 2.14. The van der Waals surface area contributed by atoms with E-state index in [0.29, 0.717) is 11.8 Å². The normalized spacial score (nSPS) is 10.0. The number of rotatable bonds is 5. The summed E-state index contributed by atoms with van der Waals surface area (Å²) in [5.41, 5.74) is 3.85. The molecule has 0 saturated carbocycles. The summed E-state index contributed by atoms with van der Waals surface area (Å²) in [5, 5.41) is 0. The van der Waals surface area contributed by atoms with E-state index in [1.165, 1.54) is 33.5 Å². The van der Waals surface area contributed by atoms with Crippen molar-refractivity contribution < 1.29 is 32.6 Å². The maximum absolute atomic E-state index is 13.6. The van der Waals surface area contributed by atoms with Gasteiger partial charge in [-0.2, -0.15) is 0 Å². The Hall–Kier alpha value is -3.36. The van der Waals surface area contributed by atoms with Crippen molar-refractivity contribution in [3.05, 3.63) is 53.1 Å². The van der Waals surface area contributed by atoms with Crippen molar-refractivity contribution in [2.24, 2.45) is 0 Å². The number of amides is 2. The molecule has 2 rings (SSSR count). The third-order valence-corrected chi connectivity index (χ3v) is 3.39. The second-order valence-corrected chi connectivity index (χ2v) is 4.95. The van der Waals surface area contributed by atoms with Crippen molar-refractivity contribution in [2.75, 3.05) is 21.3 Å². The predicted octanol–water partition coefficient (Wildman–Crippen LogP) is 2.07. The maximum atomic E-state index is 13.6. The molecule has 0 aromatic heterocycles. The lowest BCUT2D eigenvalue weighted by Gasteiger charge is -2.14. The zero-order valence-corrected chi connectivity index (χ0v) is 14.2. The van der Waals surface area contributed by atoms with E-state index < -0.39 is 29.0 Å². The van der Waals surface area contributed by atoms with Crippen molar-refractivity contribution in [1.29, 1.82) is 0 Å². The summed E-state index contributed by atoms with van der Waals surface area (Å²) in [6.45, 7) is 0. The van der Waals surface area contributed by atoms with Gasteiger partial charge in [-0.3, -0.25) is 20.4 Å². The smallest absolute Gasteiger partial charge is 0.272 e. The molecule has 0 unspecified atom stereocenters. The Labute approximate surface area is 147 Å². The SMILES string of the molecule is COc1cc(C(=O)NNC(=O)c2ccc(F)cc2F)cc(OC)c1OC. The molecule has 2 aromatic carbocycles. The molecule has 0 aliphatic carbocycles.